The van der Waals surface area contributed by atoms with Gasteiger partial charge < -0.3 is 15.4 Å². The van der Waals surface area contributed by atoms with E-state index in [4.69, 9.17) is 10.5 Å². The van der Waals surface area contributed by atoms with E-state index in [0.717, 1.165) is 16.7 Å². The first kappa shape index (κ1) is 25.3. The number of rotatable bonds is 9. The van der Waals surface area contributed by atoms with Gasteiger partial charge in [0, 0.05) is 17.9 Å². The van der Waals surface area contributed by atoms with Gasteiger partial charge in [-0.3, -0.25) is 4.79 Å². The molecule has 0 saturated carbocycles. The number of hydrogen-bond donors (Lipinski definition) is 1. The molecule has 0 spiro atoms. The van der Waals surface area contributed by atoms with Gasteiger partial charge >= 0.3 is 6.09 Å². The molecule has 1 fully saturated rings. The largest absolute Gasteiger partial charge is 0.445 e. The SMILES string of the molecule is C=CCOC(=O)N1C[C@@H](SC(c2ccccc2)(c2ccccc2)c2ccccc2)C[C@H]1/C=C/C(N)=O. The number of likely N-dealkylation sites (tertiary alicyclic amines) is 1. The van der Waals surface area contributed by atoms with Gasteiger partial charge in [-0.05, 0) is 23.1 Å². The van der Waals surface area contributed by atoms with Crippen LogP contribution in [0, 0.1) is 0 Å². The lowest BCUT2D eigenvalue weighted by Gasteiger charge is -2.37. The van der Waals surface area contributed by atoms with Crippen LogP contribution in [-0.4, -0.2) is 41.3 Å². The Balaban J connectivity index is 1.77. The number of ether oxygens (including phenoxy) is 1. The minimum Gasteiger partial charge on any atom is -0.445 e. The minimum absolute atomic E-state index is 0.0597. The first-order valence-corrected chi connectivity index (χ1v) is 12.8. The van der Waals surface area contributed by atoms with Gasteiger partial charge in [-0.15, -0.1) is 11.8 Å². The van der Waals surface area contributed by atoms with Gasteiger partial charge in [0.15, 0.2) is 0 Å². The number of thioether (sulfide) groups is 1. The fraction of sp³-hybridized carbons (Fsp3) is 0.200. The predicted octanol–water partition coefficient (Wildman–Crippen LogP) is 5.52. The van der Waals surface area contributed by atoms with Crippen molar-refractivity contribution in [2.75, 3.05) is 13.2 Å². The number of primary amides is 1. The van der Waals surface area contributed by atoms with Crippen LogP contribution in [0.4, 0.5) is 4.79 Å². The van der Waals surface area contributed by atoms with Crippen molar-refractivity contribution in [2.24, 2.45) is 5.73 Å². The van der Waals surface area contributed by atoms with Crippen LogP contribution in [0.1, 0.15) is 23.1 Å². The molecule has 1 aliphatic rings. The molecular formula is C30H30N2O3S. The number of nitrogens with zero attached hydrogens (tertiary/aromatic N) is 1. The van der Waals surface area contributed by atoms with Crippen LogP contribution in [0.15, 0.2) is 116 Å². The Morgan fingerprint density at radius 1 is 0.944 bits per heavy atom. The summed E-state index contributed by atoms with van der Waals surface area (Å²) >= 11 is 1.82. The van der Waals surface area contributed by atoms with Crippen molar-refractivity contribution in [1.82, 2.24) is 4.90 Å². The number of carbonyl (C=O) groups is 2. The highest BCUT2D eigenvalue weighted by Crippen LogP contribution is 2.52. The lowest BCUT2D eigenvalue weighted by atomic mass is 9.84. The topological polar surface area (TPSA) is 72.6 Å². The Hall–Kier alpha value is -3.77. The van der Waals surface area contributed by atoms with Crippen LogP contribution in [0.3, 0.4) is 0 Å². The predicted molar refractivity (Wildman–Crippen MR) is 146 cm³/mol. The molecule has 0 aliphatic carbocycles. The maximum atomic E-state index is 12.9. The van der Waals surface area contributed by atoms with Crippen LogP contribution in [0.2, 0.25) is 0 Å². The summed E-state index contributed by atoms with van der Waals surface area (Å²) in [5.41, 5.74) is 8.83. The number of benzene rings is 3. The average Bonchev–Trinajstić information content (AvgIpc) is 3.33. The highest BCUT2D eigenvalue weighted by Gasteiger charge is 2.44. The first-order valence-electron chi connectivity index (χ1n) is 11.9. The third-order valence-corrected chi connectivity index (χ3v) is 7.97. The van der Waals surface area contributed by atoms with Crippen LogP contribution in [0.5, 0.6) is 0 Å². The van der Waals surface area contributed by atoms with Crippen molar-refractivity contribution in [3.63, 3.8) is 0 Å². The maximum absolute atomic E-state index is 12.9. The van der Waals surface area contributed by atoms with Gasteiger partial charge in [0.2, 0.25) is 5.91 Å². The summed E-state index contributed by atoms with van der Waals surface area (Å²) in [6.07, 6.45) is 4.80. The molecule has 184 valence electrons. The number of carbonyl (C=O) groups excluding carboxylic acids is 2. The van der Waals surface area contributed by atoms with Crippen molar-refractivity contribution in [2.45, 2.75) is 22.5 Å². The van der Waals surface area contributed by atoms with Crippen LogP contribution >= 0.6 is 11.8 Å². The molecule has 1 aliphatic heterocycles. The van der Waals surface area contributed by atoms with Gasteiger partial charge in [-0.1, -0.05) is 110 Å². The van der Waals surface area contributed by atoms with Crippen molar-refractivity contribution in [3.05, 3.63) is 132 Å². The lowest BCUT2D eigenvalue weighted by molar-refractivity contribution is -0.113. The van der Waals surface area contributed by atoms with E-state index in [2.05, 4.69) is 79.4 Å². The highest BCUT2D eigenvalue weighted by molar-refractivity contribution is 8.01. The van der Waals surface area contributed by atoms with E-state index in [9.17, 15) is 9.59 Å². The summed E-state index contributed by atoms with van der Waals surface area (Å²) in [7, 11) is 0. The van der Waals surface area contributed by atoms with Gasteiger partial charge in [-0.2, -0.15) is 0 Å². The van der Waals surface area contributed by atoms with E-state index in [1.165, 1.54) is 6.08 Å². The number of nitrogens with two attached hydrogens (primary N) is 1. The average molecular weight is 499 g/mol. The molecule has 2 amide bonds. The Bertz CT molecular complexity index is 1100. The van der Waals surface area contributed by atoms with Gasteiger partial charge in [-0.25, -0.2) is 4.79 Å². The summed E-state index contributed by atoms with van der Waals surface area (Å²) in [4.78, 5) is 26.0. The van der Waals surface area contributed by atoms with Crippen molar-refractivity contribution < 1.29 is 14.3 Å². The Morgan fingerprint density at radius 3 is 1.89 bits per heavy atom. The van der Waals surface area contributed by atoms with E-state index >= 15 is 0 Å². The zero-order valence-corrected chi connectivity index (χ0v) is 20.8. The monoisotopic (exact) mass is 498 g/mol. The van der Waals surface area contributed by atoms with Crippen LogP contribution in [-0.2, 0) is 14.3 Å². The molecule has 4 rings (SSSR count). The lowest BCUT2D eigenvalue weighted by Crippen LogP contribution is -2.36. The molecule has 6 heteroatoms. The molecule has 5 nitrogen and oxygen atoms in total. The fourth-order valence-electron chi connectivity index (χ4n) is 4.70. The van der Waals surface area contributed by atoms with Gasteiger partial charge in [0.05, 0.1) is 10.8 Å². The second-order valence-electron chi connectivity index (χ2n) is 8.60. The third-order valence-electron chi connectivity index (χ3n) is 6.23. The first-order chi connectivity index (χ1) is 17.5. The van der Waals surface area contributed by atoms with E-state index in [0.29, 0.717) is 13.0 Å². The van der Waals surface area contributed by atoms with E-state index in [1.807, 2.05) is 30.0 Å². The maximum Gasteiger partial charge on any atom is 0.410 e. The molecule has 2 atom stereocenters. The molecule has 0 bridgehead atoms. The molecule has 1 heterocycles. The molecule has 36 heavy (non-hydrogen) atoms. The van der Waals surface area contributed by atoms with E-state index in [-0.39, 0.29) is 17.9 Å². The zero-order chi connectivity index (χ0) is 25.4. The van der Waals surface area contributed by atoms with Crippen molar-refractivity contribution in [3.8, 4) is 0 Å². The number of hydrogen-bond acceptors (Lipinski definition) is 4. The summed E-state index contributed by atoms with van der Waals surface area (Å²) in [6.45, 7) is 4.23. The molecule has 0 unspecified atom stereocenters. The van der Waals surface area contributed by atoms with Gasteiger partial charge in [0.25, 0.3) is 0 Å². The van der Waals surface area contributed by atoms with E-state index < -0.39 is 16.7 Å². The molecule has 0 radical (unpaired) electrons. The number of amides is 2. The molecule has 1 saturated heterocycles. The second-order valence-corrected chi connectivity index (χ2v) is 10.1. The molecule has 2 N–H and O–H groups in total. The highest BCUT2D eigenvalue weighted by atomic mass is 32.2. The van der Waals surface area contributed by atoms with E-state index in [1.54, 1.807) is 17.1 Å². The van der Waals surface area contributed by atoms with Gasteiger partial charge in [0.1, 0.15) is 6.61 Å². The normalized spacial score (nSPS) is 17.7. The minimum atomic E-state index is -0.544. The molecular weight excluding hydrogens is 468 g/mol. The smallest absolute Gasteiger partial charge is 0.410 e. The Morgan fingerprint density at radius 2 is 1.44 bits per heavy atom. The van der Waals surface area contributed by atoms with Crippen LogP contribution in [0.25, 0.3) is 0 Å². The fourth-order valence-corrected chi connectivity index (χ4v) is 6.54. The molecule has 0 aromatic heterocycles. The summed E-state index contributed by atoms with van der Waals surface area (Å²) in [5.74, 6) is -0.544. The quantitative estimate of drug-likeness (QED) is 0.240. The standard InChI is InChI=1S/C30H30N2O3S/c1-2-20-35-29(34)32-22-27(21-26(32)18-19-28(31)33)36-30(23-12-6-3-7-13-23,24-14-8-4-9-15-24)25-16-10-5-11-17-25/h2-19,26-27H,1,20-22H2,(H2,31,33)/b19-18+/t26-,27+/m1/s1. The Kier molecular flexibility index (Phi) is 8.28. The Labute approximate surface area is 216 Å². The molecule has 3 aromatic rings. The summed E-state index contributed by atoms with van der Waals surface area (Å²) in [6, 6.07) is 31.0. The third kappa shape index (κ3) is 5.55. The zero-order valence-electron chi connectivity index (χ0n) is 20.0. The summed E-state index contributed by atoms with van der Waals surface area (Å²) < 4.78 is 4.85. The second kappa shape index (κ2) is 11.8. The van der Waals surface area contributed by atoms with Crippen molar-refractivity contribution >= 4 is 23.8 Å². The molecule has 3 aromatic carbocycles. The van der Waals surface area contributed by atoms with Crippen LogP contribution < -0.4 is 5.73 Å². The van der Waals surface area contributed by atoms with Crippen molar-refractivity contribution in [1.29, 1.82) is 0 Å². The summed E-state index contributed by atoms with van der Waals surface area (Å²) in [5, 5.41) is 0.0597.